The number of hydrogen-bond donors (Lipinski definition) is 1. The molecular weight excluding hydrogens is 345 g/mol. The molecule has 0 bridgehead atoms. The van der Waals surface area contributed by atoms with E-state index in [1.165, 1.54) is 12.1 Å². The molecule has 2 nitrogen and oxygen atoms in total. The SMILES string of the molecule is CC(C)(C)Oc1ccc(C(O)CC(F)(C(F)(F)F)C(F)(F)F)cc1. The molecule has 1 rings (SSSR count). The van der Waals surface area contributed by atoms with Crippen molar-refractivity contribution in [2.45, 2.75) is 56.9 Å². The highest BCUT2D eigenvalue weighted by atomic mass is 19.4. The molecule has 0 radical (unpaired) electrons. The summed E-state index contributed by atoms with van der Waals surface area (Å²) in [7, 11) is 0. The number of halogens is 7. The normalized spacial score (nSPS) is 15.3. The molecule has 0 aliphatic carbocycles. The van der Waals surface area contributed by atoms with E-state index in [-0.39, 0.29) is 5.56 Å². The van der Waals surface area contributed by atoms with Crippen molar-refractivity contribution in [3.63, 3.8) is 0 Å². The molecule has 0 amide bonds. The van der Waals surface area contributed by atoms with Crippen molar-refractivity contribution < 1.29 is 40.6 Å². The molecule has 0 fully saturated rings. The van der Waals surface area contributed by atoms with Gasteiger partial charge < -0.3 is 9.84 Å². The van der Waals surface area contributed by atoms with Crippen LogP contribution in [0.25, 0.3) is 0 Å². The summed E-state index contributed by atoms with van der Waals surface area (Å²) in [6.45, 7) is 5.21. The van der Waals surface area contributed by atoms with Crippen molar-refractivity contribution >= 4 is 0 Å². The number of ether oxygens (including phenoxy) is 1. The lowest BCUT2D eigenvalue weighted by atomic mass is 9.93. The van der Waals surface area contributed by atoms with Gasteiger partial charge in [-0.1, -0.05) is 12.1 Å². The summed E-state index contributed by atoms with van der Waals surface area (Å²) in [6.07, 6.45) is -16.9. The van der Waals surface area contributed by atoms with Crippen LogP contribution in [-0.4, -0.2) is 28.7 Å². The molecule has 0 aliphatic heterocycles. The molecule has 138 valence electrons. The second kappa shape index (κ2) is 6.42. The predicted octanol–water partition coefficient (Wildman–Crippen LogP) is 5.12. The van der Waals surface area contributed by atoms with E-state index in [1.54, 1.807) is 20.8 Å². The van der Waals surface area contributed by atoms with Crippen LogP contribution in [0.1, 0.15) is 38.9 Å². The van der Waals surface area contributed by atoms with Crippen molar-refractivity contribution in [2.24, 2.45) is 0 Å². The fourth-order valence-electron chi connectivity index (χ4n) is 1.89. The Hall–Kier alpha value is -1.51. The number of aliphatic hydroxyl groups is 1. The third-order valence-electron chi connectivity index (χ3n) is 3.06. The smallest absolute Gasteiger partial charge is 0.431 e. The van der Waals surface area contributed by atoms with Crippen molar-refractivity contribution in [3.05, 3.63) is 29.8 Å². The quantitative estimate of drug-likeness (QED) is 0.754. The zero-order chi connectivity index (χ0) is 19.0. The molecule has 1 aromatic carbocycles. The molecule has 0 spiro atoms. The molecule has 1 atom stereocenters. The number of alkyl halides is 7. The molecule has 1 aromatic rings. The largest absolute Gasteiger partial charge is 0.488 e. The molecule has 0 aromatic heterocycles. The summed E-state index contributed by atoms with van der Waals surface area (Å²) >= 11 is 0. The maximum atomic E-state index is 13.6. The Labute approximate surface area is 134 Å². The number of aliphatic hydroxyl groups excluding tert-OH is 1. The Morgan fingerprint density at radius 2 is 1.29 bits per heavy atom. The van der Waals surface area contributed by atoms with Gasteiger partial charge in [0.1, 0.15) is 11.4 Å². The number of hydrogen-bond acceptors (Lipinski definition) is 2. The van der Waals surface area contributed by atoms with Gasteiger partial charge >= 0.3 is 18.0 Å². The van der Waals surface area contributed by atoms with Gasteiger partial charge in [-0.2, -0.15) is 26.3 Å². The maximum absolute atomic E-state index is 13.6. The predicted molar refractivity (Wildman–Crippen MR) is 72.3 cm³/mol. The van der Waals surface area contributed by atoms with Gasteiger partial charge in [-0.05, 0) is 38.5 Å². The molecule has 24 heavy (non-hydrogen) atoms. The van der Waals surface area contributed by atoms with Crippen molar-refractivity contribution in [2.75, 3.05) is 0 Å². The van der Waals surface area contributed by atoms with E-state index in [0.717, 1.165) is 12.1 Å². The Balaban J connectivity index is 2.99. The zero-order valence-electron chi connectivity index (χ0n) is 13.1. The lowest BCUT2D eigenvalue weighted by molar-refractivity contribution is -0.347. The highest BCUT2D eigenvalue weighted by molar-refractivity contribution is 5.29. The zero-order valence-corrected chi connectivity index (χ0v) is 13.1. The first-order chi connectivity index (χ1) is 10.6. The summed E-state index contributed by atoms with van der Waals surface area (Å²) in [5, 5.41) is 9.63. The van der Waals surface area contributed by atoms with E-state index in [2.05, 4.69) is 0 Å². The Bertz CT molecular complexity index is 527. The third kappa shape index (κ3) is 4.75. The van der Waals surface area contributed by atoms with E-state index in [4.69, 9.17) is 4.74 Å². The summed E-state index contributed by atoms with van der Waals surface area (Å²) in [5.41, 5.74) is -6.35. The van der Waals surface area contributed by atoms with E-state index in [1.807, 2.05) is 0 Å². The summed E-state index contributed by atoms with van der Waals surface area (Å²) < 4.78 is 94.0. The Morgan fingerprint density at radius 1 is 0.875 bits per heavy atom. The van der Waals surface area contributed by atoms with Crippen LogP contribution in [0.15, 0.2) is 24.3 Å². The van der Waals surface area contributed by atoms with Gasteiger partial charge in [0.05, 0.1) is 6.10 Å². The Morgan fingerprint density at radius 3 is 1.62 bits per heavy atom. The minimum Gasteiger partial charge on any atom is -0.488 e. The van der Waals surface area contributed by atoms with E-state index in [0.29, 0.717) is 5.75 Å². The number of benzene rings is 1. The molecule has 0 aliphatic rings. The molecule has 1 N–H and O–H groups in total. The fourth-order valence-corrected chi connectivity index (χ4v) is 1.89. The minimum atomic E-state index is -6.19. The van der Waals surface area contributed by atoms with Crippen LogP contribution in [0.3, 0.4) is 0 Å². The highest BCUT2D eigenvalue weighted by Gasteiger charge is 2.72. The molecular formula is C15H17F7O2. The first kappa shape index (κ1) is 20.5. The summed E-state index contributed by atoms with van der Waals surface area (Å²) in [6, 6.07) is 4.70. The van der Waals surface area contributed by atoms with Crippen LogP contribution < -0.4 is 4.74 Å². The van der Waals surface area contributed by atoms with Crippen molar-refractivity contribution in [1.82, 2.24) is 0 Å². The van der Waals surface area contributed by atoms with Gasteiger partial charge in [0, 0.05) is 6.42 Å². The number of rotatable bonds is 4. The highest BCUT2D eigenvalue weighted by Crippen LogP contribution is 2.50. The standard InChI is InChI=1S/C15H17F7O2/c1-12(2,3)24-10-6-4-9(5-7-10)11(23)8-13(16,14(17,18)19)15(20,21)22/h4-7,11,23H,8H2,1-3H3. The first-order valence-corrected chi connectivity index (χ1v) is 6.86. The van der Waals surface area contributed by atoms with Crippen molar-refractivity contribution in [1.29, 1.82) is 0 Å². The first-order valence-electron chi connectivity index (χ1n) is 6.86. The molecule has 0 heterocycles. The molecule has 0 saturated carbocycles. The van der Waals surface area contributed by atoms with Crippen LogP contribution in [0.2, 0.25) is 0 Å². The lowest BCUT2D eigenvalue weighted by Gasteiger charge is -2.31. The van der Waals surface area contributed by atoms with Crippen LogP contribution in [0, 0.1) is 0 Å². The van der Waals surface area contributed by atoms with Crippen LogP contribution in [0.5, 0.6) is 5.75 Å². The van der Waals surface area contributed by atoms with Gasteiger partial charge in [0.2, 0.25) is 0 Å². The average molecular weight is 362 g/mol. The van der Waals surface area contributed by atoms with E-state index >= 15 is 0 Å². The molecule has 0 saturated heterocycles. The van der Waals surface area contributed by atoms with Crippen LogP contribution in [-0.2, 0) is 0 Å². The third-order valence-corrected chi connectivity index (χ3v) is 3.06. The fraction of sp³-hybridized carbons (Fsp3) is 0.600. The van der Waals surface area contributed by atoms with Gasteiger partial charge in [0.15, 0.2) is 0 Å². The monoisotopic (exact) mass is 362 g/mol. The molecule has 1 unspecified atom stereocenters. The average Bonchev–Trinajstić information content (AvgIpc) is 2.34. The molecule has 9 heteroatoms. The maximum Gasteiger partial charge on any atom is 0.431 e. The minimum absolute atomic E-state index is 0.285. The van der Waals surface area contributed by atoms with Gasteiger partial charge in [-0.25, -0.2) is 4.39 Å². The van der Waals surface area contributed by atoms with Crippen LogP contribution >= 0.6 is 0 Å². The summed E-state index contributed by atoms with van der Waals surface area (Å²) in [4.78, 5) is 0. The summed E-state index contributed by atoms with van der Waals surface area (Å²) in [5.74, 6) is 0.302. The van der Waals surface area contributed by atoms with Crippen LogP contribution in [0.4, 0.5) is 30.7 Å². The van der Waals surface area contributed by atoms with Gasteiger partial charge in [-0.15, -0.1) is 0 Å². The van der Waals surface area contributed by atoms with Crippen molar-refractivity contribution in [3.8, 4) is 5.75 Å². The second-order valence-electron chi connectivity index (χ2n) is 6.30. The van der Waals surface area contributed by atoms with Gasteiger partial charge in [0.25, 0.3) is 0 Å². The van der Waals surface area contributed by atoms with Gasteiger partial charge in [-0.3, -0.25) is 0 Å². The van der Waals surface area contributed by atoms with E-state index in [9.17, 15) is 35.8 Å². The Kier molecular flexibility index (Phi) is 5.49. The van der Waals surface area contributed by atoms with E-state index < -0.39 is 36.1 Å². The second-order valence-corrected chi connectivity index (χ2v) is 6.30. The topological polar surface area (TPSA) is 29.5 Å². The lowest BCUT2D eigenvalue weighted by Crippen LogP contribution is -2.54.